The first-order valence-electron chi connectivity index (χ1n) is 10.2. The molecule has 2 fully saturated rings. The molecule has 3 aromatic heterocycles. The fourth-order valence-electron chi connectivity index (χ4n) is 4.03. The Morgan fingerprint density at radius 3 is 2.75 bits per heavy atom. The number of nitrogens with zero attached hydrogens (tertiary/aromatic N) is 7. The molecule has 28 heavy (non-hydrogen) atoms. The van der Waals surface area contributed by atoms with Gasteiger partial charge in [-0.1, -0.05) is 6.92 Å². The van der Waals surface area contributed by atoms with Crippen molar-refractivity contribution in [1.82, 2.24) is 29.7 Å². The molecule has 0 bridgehead atoms. The molecule has 1 saturated heterocycles. The first-order valence-corrected chi connectivity index (χ1v) is 10.2. The summed E-state index contributed by atoms with van der Waals surface area (Å²) in [6.45, 7) is 4.09. The van der Waals surface area contributed by atoms with Crippen molar-refractivity contribution in [2.75, 3.05) is 18.0 Å². The van der Waals surface area contributed by atoms with Crippen molar-refractivity contribution in [2.24, 2.45) is 0 Å². The maximum atomic E-state index is 4.91. The molecule has 1 aliphatic carbocycles. The Bertz CT molecular complexity index is 948. The van der Waals surface area contributed by atoms with Crippen LogP contribution in [-0.4, -0.2) is 42.8 Å². The van der Waals surface area contributed by atoms with Crippen molar-refractivity contribution < 1.29 is 0 Å². The van der Waals surface area contributed by atoms with Gasteiger partial charge in [0, 0.05) is 54.8 Å². The molecular weight excluding hydrogens is 350 g/mol. The smallest absolute Gasteiger partial charge is 0.161 e. The summed E-state index contributed by atoms with van der Waals surface area (Å²) in [6, 6.07) is 6.69. The van der Waals surface area contributed by atoms with Crippen molar-refractivity contribution in [3.63, 3.8) is 0 Å². The summed E-state index contributed by atoms with van der Waals surface area (Å²) >= 11 is 0. The molecule has 0 amide bonds. The lowest BCUT2D eigenvalue weighted by Gasteiger charge is -2.33. The second-order valence-electron chi connectivity index (χ2n) is 7.74. The van der Waals surface area contributed by atoms with Crippen LogP contribution in [0, 0.1) is 0 Å². The summed E-state index contributed by atoms with van der Waals surface area (Å²) in [7, 11) is 0. The lowest BCUT2D eigenvalue weighted by molar-refractivity contribution is 0.469. The maximum absolute atomic E-state index is 4.91. The zero-order valence-electron chi connectivity index (χ0n) is 16.2. The standard InChI is InChI=1S/C21H25N7/c1-2-17-12-19(25-20(24-17)15-7-9-22-10-8-15)27-11-3-4-16(13-27)21-26-23-14-28(21)18-5-6-18/h7-10,12,14,16,18H,2-6,11,13H2,1H3. The third-order valence-corrected chi connectivity index (χ3v) is 5.72. The van der Waals surface area contributed by atoms with E-state index in [1.165, 1.54) is 12.8 Å². The maximum Gasteiger partial charge on any atom is 0.161 e. The fourth-order valence-corrected chi connectivity index (χ4v) is 4.03. The predicted molar refractivity (Wildman–Crippen MR) is 107 cm³/mol. The van der Waals surface area contributed by atoms with E-state index in [1.807, 2.05) is 18.5 Å². The molecule has 7 heteroatoms. The molecule has 0 N–H and O–H groups in total. The lowest BCUT2D eigenvalue weighted by atomic mass is 9.97. The largest absolute Gasteiger partial charge is 0.356 e. The van der Waals surface area contributed by atoms with E-state index in [9.17, 15) is 0 Å². The van der Waals surface area contributed by atoms with Gasteiger partial charge in [-0.05, 0) is 44.2 Å². The highest BCUT2D eigenvalue weighted by Crippen LogP contribution is 2.38. The van der Waals surface area contributed by atoms with E-state index in [4.69, 9.17) is 9.97 Å². The molecule has 1 aliphatic heterocycles. The average Bonchev–Trinajstić information content (AvgIpc) is 3.50. The van der Waals surface area contributed by atoms with E-state index in [2.05, 4.69) is 37.6 Å². The first kappa shape index (κ1) is 17.3. The van der Waals surface area contributed by atoms with Crippen LogP contribution in [0.1, 0.15) is 56.1 Å². The number of hydrogen-bond acceptors (Lipinski definition) is 6. The van der Waals surface area contributed by atoms with Gasteiger partial charge in [0.1, 0.15) is 18.0 Å². The highest BCUT2D eigenvalue weighted by molar-refractivity contribution is 5.57. The van der Waals surface area contributed by atoms with Crippen molar-refractivity contribution in [1.29, 1.82) is 0 Å². The van der Waals surface area contributed by atoms with E-state index in [1.54, 1.807) is 12.4 Å². The van der Waals surface area contributed by atoms with Gasteiger partial charge < -0.3 is 9.47 Å². The van der Waals surface area contributed by atoms with Gasteiger partial charge in [-0.25, -0.2) is 9.97 Å². The molecular formula is C21H25N7. The molecule has 5 rings (SSSR count). The number of aryl methyl sites for hydroxylation is 1. The highest BCUT2D eigenvalue weighted by Gasteiger charge is 2.31. The minimum atomic E-state index is 0.404. The van der Waals surface area contributed by atoms with Crippen molar-refractivity contribution in [2.45, 2.75) is 51.0 Å². The molecule has 0 radical (unpaired) electrons. The second kappa shape index (κ2) is 7.30. The quantitative estimate of drug-likeness (QED) is 0.680. The number of aromatic nitrogens is 6. The van der Waals surface area contributed by atoms with E-state index in [0.717, 1.165) is 61.1 Å². The van der Waals surface area contributed by atoms with Crippen molar-refractivity contribution >= 4 is 5.82 Å². The Labute approximate surface area is 164 Å². The second-order valence-corrected chi connectivity index (χ2v) is 7.74. The zero-order valence-corrected chi connectivity index (χ0v) is 16.2. The Balaban J connectivity index is 1.44. The van der Waals surface area contributed by atoms with Gasteiger partial charge in [-0.3, -0.25) is 4.98 Å². The molecule has 144 valence electrons. The van der Waals surface area contributed by atoms with E-state index in [-0.39, 0.29) is 0 Å². The normalized spacial score (nSPS) is 19.8. The summed E-state index contributed by atoms with van der Waals surface area (Å²) in [5.41, 5.74) is 2.08. The number of anilines is 1. The van der Waals surface area contributed by atoms with Gasteiger partial charge in [-0.15, -0.1) is 10.2 Å². The van der Waals surface area contributed by atoms with Crippen LogP contribution in [0.15, 0.2) is 36.9 Å². The molecule has 2 aliphatic rings. The molecule has 1 unspecified atom stereocenters. The van der Waals surface area contributed by atoms with E-state index >= 15 is 0 Å². The van der Waals surface area contributed by atoms with Gasteiger partial charge in [0.05, 0.1) is 0 Å². The third kappa shape index (κ3) is 3.37. The molecule has 0 aromatic carbocycles. The van der Waals surface area contributed by atoms with Crippen LogP contribution >= 0.6 is 0 Å². The van der Waals surface area contributed by atoms with Crippen LogP contribution in [-0.2, 0) is 6.42 Å². The summed E-state index contributed by atoms with van der Waals surface area (Å²) < 4.78 is 2.30. The Hall–Kier alpha value is -2.83. The van der Waals surface area contributed by atoms with Gasteiger partial charge in [-0.2, -0.15) is 0 Å². The minimum Gasteiger partial charge on any atom is -0.356 e. The van der Waals surface area contributed by atoms with Crippen molar-refractivity contribution in [3.8, 4) is 11.4 Å². The van der Waals surface area contributed by atoms with Crippen LogP contribution < -0.4 is 4.90 Å². The number of rotatable bonds is 5. The lowest BCUT2D eigenvalue weighted by Crippen LogP contribution is -2.36. The molecule has 1 saturated carbocycles. The Kier molecular flexibility index (Phi) is 4.50. The van der Waals surface area contributed by atoms with Crippen LogP contribution in [0.2, 0.25) is 0 Å². The van der Waals surface area contributed by atoms with Crippen LogP contribution in [0.4, 0.5) is 5.82 Å². The first-order chi connectivity index (χ1) is 13.8. The summed E-state index contributed by atoms with van der Waals surface area (Å²) in [6.07, 6.45) is 11.2. The van der Waals surface area contributed by atoms with Crippen LogP contribution in [0.5, 0.6) is 0 Å². The minimum absolute atomic E-state index is 0.404. The van der Waals surface area contributed by atoms with E-state index < -0.39 is 0 Å². The SMILES string of the molecule is CCc1cc(N2CCCC(c3nncn3C3CC3)C2)nc(-c2ccncc2)n1. The highest BCUT2D eigenvalue weighted by atomic mass is 15.3. The zero-order chi connectivity index (χ0) is 18.9. The topological polar surface area (TPSA) is 72.6 Å². The molecule has 7 nitrogen and oxygen atoms in total. The molecule has 4 heterocycles. The van der Waals surface area contributed by atoms with Gasteiger partial charge >= 0.3 is 0 Å². The monoisotopic (exact) mass is 375 g/mol. The van der Waals surface area contributed by atoms with Gasteiger partial charge in [0.25, 0.3) is 0 Å². The number of pyridine rings is 1. The number of piperidine rings is 1. The number of hydrogen-bond donors (Lipinski definition) is 0. The van der Waals surface area contributed by atoms with Gasteiger partial charge in [0.15, 0.2) is 5.82 Å². The van der Waals surface area contributed by atoms with Crippen molar-refractivity contribution in [3.05, 3.63) is 48.4 Å². The van der Waals surface area contributed by atoms with E-state index in [0.29, 0.717) is 12.0 Å². The molecule has 0 spiro atoms. The third-order valence-electron chi connectivity index (χ3n) is 5.72. The average molecular weight is 375 g/mol. The summed E-state index contributed by atoms with van der Waals surface area (Å²) in [5.74, 6) is 3.34. The fraction of sp³-hybridized carbons (Fsp3) is 0.476. The Morgan fingerprint density at radius 1 is 1.11 bits per heavy atom. The van der Waals surface area contributed by atoms with Crippen LogP contribution in [0.25, 0.3) is 11.4 Å². The summed E-state index contributed by atoms with van der Waals surface area (Å²) in [5, 5.41) is 8.68. The van der Waals surface area contributed by atoms with Gasteiger partial charge in [0.2, 0.25) is 0 Å². The summed E-state index contributed by atoms with van der Waals surface area (Å²) in [4.78, 5) is 16.1. The van der Waals surface area contributed by atoms with Crippen LogP contribution in [0.3, 0.4) is 0 Å². The predicted octanol–water partition coefficient (Wildman–Crippen LogP) is 3.41. The molecule has 3 aromatic rings. The molecule has 1 atom stereocenters. The Morgan fingerprint density at radius 2 is 1.96 bits per heavy atom.